The van der Waals surface area contributed by atoms with Gasteiger partial charge in [-0.2, -0.15) is 4.98 Å². The zero-order valence-corrected chi connectivity index (χ0v) is 18.4. The standard InChI is InChI=1S/C22H24F2N8O3/c1-35-21-20-14(13-2-3-17-18(10-13)31(9-6-23)29-27-17)4-8-32(20)28-22(26-21)25-16-5-7-30(11-15(16)24)19(34)12-33/h2-4,8,10,15-16,33H,5-7,9,11-12H2,1H3,(H,25,28)/t15-,16+/m1/s1/i1D3. The summed E-state index contributed by atoms with van der Waals surface area (Å²) in [5.74, 6) is -0.867. The number of aryl methyl sites for hydroxylation is 1. The number of rotatable bonds is 7. The molecule has 11 nitrogen and oxygen atoms in total. The predicted octanol–water partition coefficient (Wildman–Crippen LogP) is 1.46. The van der Waals surface area contributed by atoms with Crippen LogP contribution in [0.25, 0.3) is 27.7 Å². The Morgan fingerprint density at radius 2 is 2.29 bits per heavy atom. The molecule has 0 spiro atoms. The highest BCUT2D eigenvalue weighted by atomic mass is 19.1. The van der Waals surface area contributed by atoms with E-state index in [2.05, 4.69) is 25.7 Å². The van der Waals surface area contributed by atoms with E-state index in [1.54, 1.807) is 30.5 Å². The molecule has 0 saturated carbocycles. The van der Waals surface area contributed by atoms with E-state index in [0.29, 0.717) is 22.2 Å². The second-order valence-corrected chi connectivity index (χ2v) is 8.12. The number of aromatic nitrogens is 6. The Balaban J connectivity index is 1.51. The minimum Gasteiger partial charge on any atom is -0.479 e. The minimum atomic E-state index is -2.83. The van der Waals surface area contributed by atoms with Gasteiger partial charge in [0.15, 0.2) is 0 Å². The molecule has 0 radical (unpaired) electrons. The summed E-state index contributed by atoms with van der Waals surface area (Å²) >= 11 is 0. The van der Waals surface area contributed by atoms with Crippen LogP contribution in [0.3, 0.4) is 0 Å². The Bertz CT molecular complexity index is 1480. The van der Waals surface area contributed by atoms with E-state index in [4.69, 9.17) is 14.0 Å². The number of methoxy groups -OCH3 is 1. The summed E-state index contributed by atoms with van der Waals surface area (Å²) in [4.78, 5) is 17.2. The summed E-state index contributed by atoms with van der Waals surface area (Å²) in [5.41, 5.74) is 2.62. The van der Waals surface area contributed by atoms with E-state index < -0.39 is 38.4 Å². The first kappa shape index (κ1) is 19.4. The molecule has 1 aliphatic heterocycles. The largest absolute Gasteiger partial charge is 0.479 e. The molecular weight excluding hydrogens is 462 g/mol. The first-order valence-corrected chi connectivity index (χ1v) is 10.9. The van der Waals surface area contributed by atoms with Crippen LogP contribution in [-0.2, 0) is 11.3 Å². The van der Waals surface area contributed by atoms with Crippen molar-refractivity contribution in [3.8, 4) is 17.0 Å². The monoisotopic (exact) mass is 489 g/mol. The lowest BCUT2D eigenvalue weighted by atomic mass is 10.0. The van der Waals surface area contributed by atoms with E-state index in [1.807, 2.05) is 0 Å². The van der Waals surface area contributed by atoms with E-state index in [0.717, 1.165) is 0 Å². The van der Waals surface area contributed by atoms with Crippen molar-refractivity contribution >= 4 is 28.4 Å². The number of aliphatic hydroxyl groups is 1. The van der Waals surface area contributed by atoms with Crippen molar-refractivity contribution < 1.29 is 27.5 Å². The molecule has 0 unspecified atom stereocenters. The number of aliphatic hydroxyl groups excluding tert-OH is 1. The highest BCUT2D eigenvalue weighted by molar-refractivity contribution is 5.89. The predicted molar refractivity (Wildman–Crippen MR) is 123 cm³/mol. The molecule has 1 aliphatic rings. The van der Waals surface area contributed by atoms with Crippen LogP contribution in [0.4, 0.5) is 14.7 Å². The molecule has 1 aromatic carbocycles. The van der Waals surface area contributed by atoms with Gasteiger partial charge in [-0.15, -0.1) is 10.2 Å². The van der Waals surface area contributed by atoms with E-state index in [1.165, 1.54) is 14.1 Å². The fourth-order valence-electron chi connectivity index (χ4n) is 4.29. The summed E-state index contributed by atoms with van der Waals surface area (Å²) < 4.78 is 58.7. The third kappa shape index (κ3) is 4.22. The van der Waals surface area contributed by atoms with Gasteiger partial charge >= 0.3 is 0 Å². The molecule has 1 fully saturated rings. The van der Waals surface area contributed by atoms with Crippen molar-refractivity contribution in [3.05, 3.63) is 30.5 Å². The number of likely N-dealkylation sites (tertiary alicyclic amines) is 1. The summed E-state index contributed by atoms with van der Waals surface area (Å²) in [6, 6.07) is 6.16. The Hall–Kier alpha value is -3.87. The molecule has 184 valence electrons. The number of hydrogen-bond acceptors (Lipinski definition) is 8. The number of nitrogens with zero attached hydrogens (tertiary/aromatic N) is 7. The number of halogens is 2. The summed E-state index contributed by atoms with van der Waals surface area (Å²) in [7, 11) is -2.83. The van der Waals surface area contributed by atoms with Crippen LogP contribution in [0.2, 0.25) is 0 Å². The quantitative estimate of drug-likeness (QED) is 0.400. The number of carbonyl (C=O) groups is 1. The number of nitrogens with one attached hydrogen (secondary N) is 1. The van der Waals surface area contributed by atoms with E-state index >= 15 is 0 Å². The minimum absolute atomic E-state index is 0.0324. The fraction of sp³-hybridized carbons (Fsp3) is 0.409. The molecule has 2 atom stereocenters. The second kappa shape index (κ2) is 9.41. The Morgan fingerprint density at radius 3 is 3.06 bits per heavy atom. The number of piperidine rings is 1. The molecule has 4 heterocycles. The number of ether oxygens (including phenoxy) is 1. The Kier molecular flexibility index (Phi) is 5.22. The molecular formula is C22H24F2N8O3. The van der Waals surface area contributed by atoms with Crippen molar-refractivity contribution in [1.29, 1.82) is 0 Å². The summed E-state index contributed by atoms with van der Waals surface area (Å²) in [6.45, 7) is -1.26. The zero-order valence-electron chi connectivity index (χ0n) is 21.4. The van der Waals surface area contributed by atoms with Crippen molar-refractivity contribution in [3.63, 3.8) is 0 Å². The lowest BCUT2D eigenvalue weighted by molar-refractivity contribution is -0.136. The van der Waals surface area contributed by atoms with Crippen LogP contribution in [-0.4, -0.2) is 91.1 Å². The maximum absolute atomic E-state index is 14.8. The first-order valence-electron chi connectivity index (χ1n) is 12.4. The summed E-state index contributed by atoms with van der Waals surface area (Å²) in [6.07, 6.45) is 0.336. The first-order chi connectivity index (χ1) is 18.2. The normalized spacial score (nSPS) is 20.0. The maximum Gasteiger partial charge on any atom is 0.248 e. The zero-order chi connectivity index (χ0) is 27.0. The van der Waals surface area contributed by atoms with Gasteiger partial charge in [0.25, 0.3) is 0 Å². The van der Waals surface area contributed by atoms with Gasteiger partial charge in [0, 0.05) is 18.3 Å². The number of anilines is 1. The van der Waals surface area contributed by atoms with Gasteiger partial charge in [0.1, 0.15) is 30.5 Å². The van der Waals surface area contributed by atoms with Crippen LogP contribution in [0.1, 0.15) is 10.5 Å². The average Bonchev–Trinajstić information content (AvgIpc) is 3.48. The molecule has 13 heteroatoms. The average molecular weight is 490 g/mol. The van der Waals surface area contributed by atoms with Crippen LogP contribution in [0.5, 0.6) is 5.88 Å². The molecule has 35 heavy (non-hydrogen) atoms. The molecule has 4 aromatic rings. The Morgan fingerprint density at radius 1 is 1.40 bits per heavy atom. The molecule has 5 rings (SSSR count). The topological polar surface area (TPSA) is 123 Å². The number of hydrogen-bond donors (Lipinski definition) is 2. The van der Waals surface area contributed by atoms with Gasteiger partial charge in [0.05, 0.1) is 35.8 Å². The van der Waals surface area contributed by atoms with Crippen molar-refractivity contribution in [2.45, 2.75) is 25.2 Å². The van der Waals surface area contributed by atoms with Gasteiger partial charge in [-0.3, -0.25) is 4.79 Å². The number of alkyl halides is 2. The third-order valence-corrected chi connectivity index (χ3v) is 6.04. The van der Waals surface area contributed by atoms with Gasteiger partial charge in [-0.25, -0.2) is 18.0 Å². The molecule has 0 aliphatic carbocycles. The highest BCUT2D eigenvalue weighted by Gasteiger charge is 2.32. The third-order valence-electron chi connectivity index (χ3n) is 6.04. The molecule has 0 bridgehead atoms. The highest BCUT2D eigenvalue weighted by Crippen LogP contribution is 2.33. The van der Waals surface area contributed by atoms with Crippen LogP contribution in [0, 0.1) is 0 Å². The van der Waals surface area contributed by atoms with Gasteiger partial charge < -0.3 is 20.1 Å². The van der Waals surface area contributed by atoms with Crippen LogP contribution < -0.4 is 10.1 Å². The molecule has 1 amide bonds. The lowest BCUT2D eigenvalue weighted by Crippen LogP contribution is -2.50. The van der Waals surface area contributed by atoms with Gasteiger partial charge in [0.2, 0.25) is 17.7 Å². The van der Waals surface area contributed by atoms with Crippen molar-refractivity contribution in [2.75, 3.05) is 38.7 Å². The second-order valence-electron chi connectivity index (χ2n) is 8.12. The van der Waals surface area contributed by atoms with Crippen molar-refractivity contribution in [1.82, 2.24) is 34.5 Å². The molecule has 2 N–H and O–H groups in total. The van der Waals surface area contributed by atoms with Crippen LogP contribution >= 0.6 is 0 Å². The Labute approximate surface area is 202 Å². The lowest BCUT2D eigenvalue weighted by Gasteiger charge is -2.34. The SMILES string of the molecule is [2H]C([2H])([2H])Oc1nc(N[C@H]2CCN(C(=O)CO)C[C@H]2F)nn2ccc(-c3ccc4nnn(CCF)c4c3)c12. The van der Waals surface area contributed by atoms with E-state index in [-0.39, 0.29) is 43.4 Å². The number of fused-ring (bicyclic) bond motifs is 2. The number of amides is 1. The van der Waals surface area contributed by atoms with Crippen molar-refractivity contribution in [2.24, 2.45) is 0 Å². The molecule has 1 saturated heterocycles. The molecule has 3 aromatic heterocycles. The fourth-order valence-corrected chi connectivity index (χ4v) is 4.29. The van der Waals surface area contributed by atoms with Gasteiger partial charge in [-0.1, -0.05) is 11.3 Å². The number of benzene rings is 1. The van der Waals surface area contributed by atoms with Gasteiger partial charge in [-0.05, 0) is 30.2 Å². The summed E-state index contributed by atoms with van der Waals surface area (Å²) in [5, 5.41) is 24.3. The van der Waals surface area contributed by atoms with E-state index in [9.17, 15) is 13.6 Å². The van der Waals surface area contributed by atoms with Crippen LogP contribution in [0.15, 0.2) is 30.5 Å². The number of carbonyl (C=O) groups excluding carboxylic acids is 1. The smallest absolute Gasteiger partial charge is 0.248 e. The maximum atomic E-state index is 14.8.